The minimum Gasteiger partial charge on any atom is -0.468 e. The van der Waals surface area contributed by atoms with E-state index in [1.807, 2.05) is 26.8 Å². The van der Waals surface area contributed by atoms with Gasteiger partial charge in [0.25, 0.3) is 0 Å². The smallest absolute Gasteiger partial charge is 0.336 e. The Morgan fingerprint density at radius 3 is 2.61 bits per heavy atom. The van der Waals surface area contributed by atoms with Gasteiger partial charge in [0.05, 0.1) is 25.4 Å². The number of Topliss-reactive ketones (excluding diaryl/α,β-unsaturated/α-hetero) is 1. The predicted molar refractivity (Wildman–Crippen MR) is 123 cm³/mol. The molecule has 178 valence electrons. The predicted octanol–water partition coefficient (Wildman–Crippen LogP) is 3.92. The lowest BCUT2D eigenvalue weighted by atomic mass is 9.69. The SMILES string of the molecule is COC(=O)C1C(=O)C2=C(CC1C)NC(C)=C(C(=O)OCCOC(C)C)C2c1cccc(Cl)c1. The lowest BCUT2D eigenvalue weighted by molar-refractivity contribution is -0.151. The Hall–Kier alpha value is -2.64. The zero-order valence-corrected chi connectivity index (χ0v) is 20.3. The molecule has 0 bridgehead atoms. The number of nitrogens with one attached hydrogen (secondary N) is 1. The molecule has 0 amide bonds. The molecule has 33 heavy (non-hydrogen) atoms. The number of rotatable bonds is 7. The number of hydrogen-bond donors (Lipinski definition) is 1. The second kappa shape index (κ2) is 10.5. The number of ketones is 1. The van der Waals surface area contributed by atoms with Crippen molar-refractivity contribution in [2.75, 3.05) is 20.3 Å². The Kier molecular flexibility index (Phi) is 7.97. The molecule has 0 radical (unpaired) electrons. The summed E-state index contributed by atoms with van der Waals surface area (Å²) in [6, 6.07) is 7.03. The summed E-state index contributed by atoms with van der Waals surface area (Å²) in [5, 5.41) is 3.71. The summed E-state index contributed by atoms with van der Waals surface area (Å²) in [6.07, 6.45) is 0.491. The van der Waals surface area contributed by atoms with Gasteiger partial charge in [0.1, 0.15) is 12.5 Å². The number of allylic oxidation sites excluding steroid dienone is 3. The van der Waals surface area contributed by atoms with E-state index in [0.717, 1.165) is 0 Å². The van der Waals surface area contributed by atoms with Gasteiger partial charge in [-0.1, -0.05) is 30.7 Å². The van der Waals surface area contributed by atoms with E-state index < -0.39 is 23.8 Å². The third-order valence-electron chi connectivity index (χ3n) is 5.91. The zero-order valence-electron chi connectivity index (χ0n) is 19.6. The van der Waals surface area contributed by atoms with Crippen molar-refractivity contribution in [3.8, 4) is 0 Å². The van der Waals surface area contributed by atoms with Crippen molar-refractivity contribution in [1.29, 1.82) is 0 Å². The molecule has 1 N–H and O–H groups in total. The summed E-state index contributed by atoms with van der Waals surface area (Å²) >= 11 is 6.26. The normalized spacial score (nSPS) is 22.8. The fourth-order valence-electron chi connectivity index (χ4n) is 4.47. The van der Waals surface area contributed by atoms with Crippen LogP contribution in [0.5, 0.6) is 0 Å². The van der Waals surface area contributed by atoms with Crippen LogP contribution in [0.4, 0.5) is 0 Å². The van der Waals surface area contributed by atoms with Crippen molar-refractivity contribution in [3.05, 3.63) is 57.4 Å². The third-order valence-corrected chi connectivity index (χ3v) is 6.15. The van der Waals surface area contributed by atoms with Crippen LogP contribution in [0.2, 0.25) is 5.02 Å². The van der Waals surface area contributed by atoms with Crippen LogP contribution < -0.4 is 5.32 Å². The molecule has 3 rings (SSSR count). The first-order chi connectivity index (χ1) is 15.6. The molecule has 1 aliphatic carbocycles. The maximum absolute atomic E-state index is 13.6. The molecule has 0 saturated carbocycles. The molecular weight excluding hydrogens is 446 g/mol. The summed E-state index contributed by atoms with van der Waals surface area (Å²) in [7, 11) is 1.27. The molecule has 1 heterocycles. The van der Waals surface area contributed by atoms with Gasteiger partial charge in [0.15, 0.2) is 5.78 Å². The van der Waals surface area contributed by atoms with E-state index in [2.05, 4.69) is 5.32 Å². The number of halogens is 1. The molecule has 3 atom stereocenters. The average Bonchev–Trinajstić information content (AvgIpc) is 2.75. The summed E-state index contributed by atoms with van der Waals surface area (Å²) in [5.41, 5.74) is 2.67. The lowest BCUT2D eigenvalue weighted by Gasteiger charge is -2.38. The highest BCUT2D eigenvalue weighted by Gasteiger charge is 2.47. The van der Waals surface area contributed by atoms with Crippen LogP contribution in [0.3, 0.4) is 0 Å². The van der Waals surface area contributed by atoms with Crippen LogP contribution in [0.25, 0.3) is 0 Å². The first-order valence-electron chi connectivity index (χ1n) is 11.0. The first-order valence-corrected chi connectivity index (χ1v) is 11.4. The highest BCUT2D eigenvalue weighted by atomic mass is 35.5. The van der Waals surface area contributed by atoms with Crippen LogP contribution in [0.15, 0.2) is 46.8 Å². The number of esters is 2. The lowest BCUT2D eigenvalue weighted by Crippen LogP contribution is -2.43. The van der Waals surface area contributed by atoms with Crippen molar-refractivity contribution in [1.82, 2.24) is 5.32 Å². The Balaban J connectivity index is 2.04. The number of methoxy groups -OCH3 is 1. The molecule has 1 aromatic carbocycles. The van der Waals surface area contributed by atoms with Gasteiger partial charge in [0.2, 0.25) is 0 Å². The molecule has 1 aliphatic heterocycles. The molecule has 8 heteroatoms. The van der Waals surface area contributed by atoms with Crippen molar-refractivity contribution in [2.45, 2.75) is 46.1 Å². The topological polar surface area (TPSA) is 90.9 Å². The molecule has 7 nitrogen and oxygen atoms in total. The number of benzene rings is 1. The summed E-state index contributed by atoms with van der Waals surface area (Å²) < 4.78 is 15.9. The molecule has 0 spiro atoms. The van der Waals surface area contributed by atoms with Crippen LogP contribution >= 0.6 is 11.6 Å². The minimum absolute atomic E-state index is 0.0185. The fourth-order valence-corrected chi connectivity index (χ4v) is 4.67. The molecule has 2 aliphatic rings. The van der Waals surface area contributed by atoms with E-state index >= 15 is 0 Å². The third kappa shape index (κ3) is 5.31. The molecule has 3 unspecified atom stereocenters. The Morgan fingerprint density at radius 1 is 1.24 bits per heavy atom. The minimum atomic E-state index is -0.938. The number of dihydropyridines is 1. The molecule has 0 saturated heterocycles. The van der Waals surface area contributed by atoms with Gasteiger partial charge < -0.3 is 19.5 Å². The number of ether oxygens (including phenoxy) is 3. The van der Waals surface area contributed by atoms with Gasteiger partial charge in [-0.05, 0) is 50.8 Å². The van der Waals surface area contributed by atoms with Crippen LogP contribution in [-0.4, -0.2) is 44.1 Å². The largest absolute Gasteiger partial charge is 0.468 e. The highest BCUT2D eigenvalue weighted by Crippen LogP contribution is 2.45. The van der Waals surface area contributed by atoms with Gasteiger partial charge in [-0.2, -0.15) is 0 Å². The Labute approximate surface area is 199 Å². The number of carbonyl (C=O) groups excluding carboxylic acids is 3. The molecular formula is C25H30ClNO6. The van der Waals surface area contributed by atoms with Crippen molar-refractivity contribution < 1.29 is 28.6 Å². The van der Waals surface area contributed by atoms with E-state index in [9.17, 15) is 14.4 Å². The van der Waals surface area contributed by atoms with Gasteiger partial charge in [0, 0.05) is 27.9 Å². The summed E-state index contributed by atoms with van der Waals surface area (Å²) in [6.45, 7) is 7.77. The van der Waals surface area contributed by atoms with Crippen LogP contribution in [0, 0.1) is 11.8 Å². The summed E-state index contributed by atoms with van der Waals surface area (Å²) in [5.74, 6) is -3.38. The van der Waals surface area contributed by atoms with Gasteiger partial charge >= 0.3 is 11.9 Å². The second-order valence-electron chi connectivity index (χ2n) is 8.65. The van der Waals surface area contributed by atoms with Crippen LogP contribution in [-0.2, 0) is 28.6 Å². The molecule has 0 fully saturated rings. The first kappa shape index (κ1) is 25.0. The number of hydrogen-bond acceptors (Lipinski definition) is 7. The van der Waals surface area contributed by atoms with Crippen molar-refractivity contribution in [2.24, 2.45) is 11.8 Å². The maximum atomic E-state index is 13.6. The van der Waals surface area contributed by atoms with E-state index in [-0.39, 0.29) is 31.0 Å². The second-order valence-corrected chi connectivity index (χ2v) is 9.08. The van der Waals surface area contributed by atoms with E-state index in [0.29, 0.717) is 39.5 Å². The van der Waals surface area contributed by atoms with Crippen molar-refractivity contribution >= 4 is 29.3 Å². The maximum Gasteiger partial charge on any atom is 0.336 e. The van der Waals surface area contributed by atoms with Crippen molar-refractivity contribution in [3.63, 3.8) is 0 Å². The van der Waals surface area contributed by atoms with E-state index in [4.69, 9.17) is 25.8 Å². The standard InChI is InChI=1S/C25H30ClNO6/c1-13(2)32-9-10-33-25(30)20-15(4)27-18-11-14(3)19(24(29)31-5)23(28)22(18)21(20)16-7-6-8-17(26)12-16/h6-8,12-14,19,21,27H,9-11H2,1-5H3. The van der Waals surface area contributed by atoms with Gasteiger partial charge in [-0.25, -0.2) is 4.79 Å². The molecule has 0 aromatic heterocycles. The van der Waals surface area contributed by atoms with E-state index in [1.54, 1.807) is 25.1 Å². The number of carbonyl (C=O) groups is 3. The Morgan fingerprint density at radius 2 is 1.97 bits per heavy atom. The van der Waals surface area contributed by atoms with E-state index in [1.165, 1.54) is 7.11 Å². The molecule has 1 aromatic rings. The average molecular weight is 476 g/mol. The quantitative estimate of drug-likeness (QED) is 0.363. The fraction of sp³-hybridized carbons (Fsp3) is 0.480. The summed E-state index contributed by atoms with van der Waals surface area (Å²) in [4.78, 5) is 39.3. The Bertz CT molecular complexity index is 1010. The zero-order chi connectivity index (χ0) is 24.3. The highest BCUT2D eigenvalue weighted by molar-refractivity contribution is 6.30. The van der Waals surface area contributed by atoms with Crippen LogP contribution in [0.1, 0.15) is 45.6 Å². The monoisotopic (exact) mass is 475 g/mol. The van der Waals surface area contributed by atoms with Gasteiger partial charge in [-0.3, -0.25) is 9.59 Å². The van der Waals surface area contributed by atoms with Gasteiger partial charge in [-0.15, -0.1) is 0 Å².